The average Bonchev–Trinajstić information content (AvgIpc) is 3.81. The summed E-state index contributed by atoms with van der Waals surface area (Å²) in [7, 11) is 0. The van der Waals surface area contributed by atoms with Crippen LogP contribution in [0.3, 0.4) is 0 Å². The van der Waals surface area contributed by atoms with Crippen molar-refractivity contribution in [1.82, 2.24) is 0 Å². The van der Waals surface area contributed by atoms with Crippen molar-refractivity contribution in [2.45, 2.75) is 72.6 Å². The predicted molar refractivity (Wildman–Crippen MR) is 277 cm³/mol. The number of aryl methyl sites for hydroxylation is 2. The van der Waals surface area contributed by atoms with Gasteiger partial charge in [-0.15, -0.1) is 0 Å². The Balaban J connectivity index is 1.23. The van der Waals surface area contributed by atoms with Crippen LogP contribution < -0.4 is 9.80 Å². The van der Waals surface area contributed by atoms with Crippen LogP contribution in [0, 0.1) is 48.3 Å². The molecule has 1 spiro atoms. The minimum Gasteiger partial charge on any atom is -0.310 e. The van der Waals surface area contributed by atoms with Gasteiger partial charge >= 0.3 is 0 Å². The molecule has 8 aromatic rings. The second-order valence-electron chi connectivity index (χ2n) is 19.1. The number of hydrogen-bond acceptors (Lipinski definition) is 4. The Morgan fingerprint density at radius 3 is 1.03 bits per heavy atom. The molecule has 0 bridgehead atoms. The van der Waals surface area contributed by atoms with Crippen molar-refractivity contribution in [3.05, 3.63) is 225 Å². The van der Waals surface area contributed by atoms with Gasteiger partial charge in [0.1, 0.15) is 0 Å². The van der Waals surface area contributed by atoms with E-state index in [1.165, 1.54) is 22.3 Å². The van der Waals surface area contributed by atoms with E-state index in [4.69, 9.17) is 0 Å². The minimum absolute atomic E-state index is 0.603. The maximum Gasteiger partial charge on any atom is 0.0991 e. The van der Waals surface area contributed by atoms with Crippen LogP contribution in [0.5, 0.6) is 0 Å². The van der Waals surface area contributed by atoms with Crippen LogP contribution in [-0.4, -0.2) is 0 Å². The van der Waals surface area contributed by atoms with Gasteiger partial charge in [-0.05, 0) is 191 Å². The highest BCUT2D eigenvalue weighted by Gasteiger charge is 2.52. The molecule has 0 saturated heterocycles. The lowest BCUT2D eigenvalue weighted by Crippen LogP contribution is -2.27. The third kappa shape index (κ3) is 7.58. The molecule has 328 valence electrons. The van der Waals surface area contributed by atoms with E-state index in [2.05, 4.69) is 221 Å². The molecule has 4 nitrogen and oxygen atoms in total. The number of rotatable bonds is 12. The SMILES string of the molecule is CCC(C)Cc1ccc(N(c2ccc(C)cc2)c2ccc3c(c2)C2(c4cc(C#N)ccc4-c4ccc(C#N)cc42)c2cc(N(c4ccc(C)cc4)c4ccc(CC(C)CC)cc4)ccc2-3)cc1. The summed E-state index contributed by atoms with van der Waals surface area (Å²) < 4.78 is 0. The molecule has 0 amide bonds. The number of fused-ring (bicyclic) bond motifs is 10. The van der Waals surface area contributed by atoms with E-state index in [0.717, 1.165) is 104 Å². The highest BCUT2D eigenvalue weighted by atomic mass is 15.1. The van der Waals surface area contributed by atoms with Gasteiger partial charge in [0.2, 0.25) is 0 Å². The third-order valence-electron chi connectivity index (χ3n) is 14.6. The Kier molecular flexibility index (Phi) is 11.4. The summed E-state index contributed by atoms with van der Waals surface area (Å²) in [6.07, 6.45) is 4.38. The minimum atomic E-state index is -0.848. The van der Waals surface area contributed by atoms with E-state index < -0.39 is 5.41 Å². The largest absolute Gasteiger partial charge is 0.310 e. The summed E-state index contributed by atoms with van der Waals surface area (Å²) in [6, 6.07) is 66.9. The first-order chi connectivity index (χ1) is 32.6. The lowest BCUT2D eigenvalue weighted by Gasteiger charge is -2.33. The van der Waals surface area contributed by atoms with Gasteiger partial charge in [0.15, 0.2) is 0 Å². The van der Waals surface area contributed by atoms with E-state index in [0.29, 0.717) is 23.0 Å². The smallest absolute Gasteiger partial charge is 0.0991 e. The molecule has 2 atom stereocenters. The highest BCUT2D eigenvalue weighted by molar-refractivity contribution is 5.98. The van der Waals surface area contributed by atoms with Gasteiger partial charge in [-0.1, -0.05) is 124 Å². The summed E-state index contributed by atoms with van der Waals surface area (Å²) >= 11 is 0. The van der Waals surface area contributed by atoms with Crippen molar-refractivity contribution in [1.29, 1.82) is 10.5 Å². The number of hydrogen-bond donors (Lipinski definition) is 0. The van der Waals surface area contributed by atoms with E-state index in [1.807, 2.05) is 12.1 Å². The van der Waals surface area contributed by atoms with Crippen LogP contribution in [0.15, 0.2) is 170 Å². The standard InChI is InChI=1S/C63H56N4/c1-7-41(3)33-45-13-23-51(24-14-45)66(49-19-9-43(5)10-20-49)53-27-31-57-58-32-28-54(67(50-21-11-44(6)12-22-50)52-25-15-46(16-26-52)34-42(4)8-2)38-62(58)63(61(57)37-53)59-35-47(39-64)17-29-55(59)56-30-18-48(40-65)36-60(56)63/h9-32,35-38,41-42H,7-8,33-34H2,1-6H3. The van der Waals surface area contributed by atoms with E-state index >= 15 is 0 Å². The third-order valence-corrected chi connectivity index (χ3v) is 14.6. The fraction of sp³-hybridized carbons (Fsp3) is 0.206. The molecule has 67 heavy (non-hydrogen) atoms. The molecule has 2 aliphatic carbocycles. The fourth-order valence-electron chi connectivity index (χ4n) is 10.6. The number of benzene rings is 8. The molecule has 2 unspecified atom stereocenters. The molecule has 0 radical (unpaired) electrons. The Bertz CT molecular complexity index is 3000. The molecule has 0 aliphatic heterocycles. The molecule has 4 heteroatoms. The van der Waals surface area contributed by atoms with Crippen molar-refractivity contribution in [3.63, 3.8) is 0 Å². The first-order valence-corrected chi connectivity index (χ1v) is 23.9. The molecular formula is C63H56N4. The molecular weight excluding hydrogens is 813 g/mol. The number of nitrogens with zero attached hydrogens (tertiary/aromatic N) is 4. The maximum absolute atomic E-state index is 10.5. The second-order valence-corrected chi connectivity index (χ2v) is 19.1. The van der Waals surface area contributed by atoms with Crippen LogP contribution in [0.1, 0.15) is 96.2 Å². The van der Waals surface area contributed by atoms with Gasteiger partial charge in [0.25, 0.3) is 0 Å². The summed E-state index contributed by atoms with van der Waals surface area (Å²) in [5, 5.41) is 21.0. The molecule has 0 N–H and O–H groups in total. The molecule has 8 aromatic carbocycles. The first kappa shape index (κ1) is 43.2. The Morgan fingerprint density at radius 1 is 0.403 bits per heavy atom. The van der Waals surface area contributed by atoms with E-state index in [-0.39, 0.29) is 0 Å². The molecule has 0 saturated carbocycles. The first-order valence-electron chi connectivity index (χ1n) is 23.9. The van der Waals surface area contributed by atoms with Gasteiger partial charge in [-0.2, -0.15) is 10.5 Å². The zero-order chi connectivity index (χ0) is 46.4. The van der Waals surface area contributed by atoms with Crippen LogP contribution in [0.25, 0.3) is 22.3 Å². The van der Waals surface area contributed by atoms with Crippen molar-refractivity contribution in [2.75, 3.05) is 9.80 Å². The molecule has 0 fully saturated rings. The zero-order valence-electron chi connectivity index (χ0n) is 39.4. The summed E-state index contributed by atoms with van der Waals surface area (Å²) in [5.41, 5.74) is 20.6. The fourth-order valence-corrected chi connectivity index (χ4v) is 10.6. The van der Waals surface area contributed by atoms with Crippen LogP contribution in [0.2, 0.25) is 0 Å². The Morgan fingerprint density at radius 2 is 0.701 bits per heavy atom. The lowest BCUT2D eigenvalue weighted by atomic mass is 9.70. The van der Waals surface area contributed by atoms with Crippen LogP contribution in [0.4, 0.5) is 34.1 Å². The second kappa shape index (κ2) is 17.6. The van der Waals surface area contributed by atoms with Crippen molar-refractivity contribution < 1.29 is 0 Å². The number of anilines is 6. The normalized spacial score (nSPS) is 13.4. The molecule has 2 aliphatic rings. The molecule has 10 rings (SSSR count). The predicted octanol–water partition coefficient (Wildman–Crippen LogP) is 16.5. The Labute approximate surface area is 397 Å². The van der Waals surface area contributed by atoms with Gasteiger partial charge in [0.05, 0.1) is 28.7 Å². The van der Waals surface area contributed by atoms with Gasteiger partial charge in [0, 0.05) is 34.1 Å². The zero-order valence-corrected chi connectivity index (χ0v) is 39.4. The van der Waals surface area contributed by atoms with Crippen molar-refractivity contribution >= 4 is 34.1 Å². The van der Waals surface area contributed by atoms with Gasteiger partial charge < -0.3 is 9.80 Å². The van der Waals surface area contributed by atoms with Crippen molar-refractivity contribution in [3.8, 4) is 34.4 Å². The Hall–Kier alpha value is -7.66. The summed E-state index contributed by atoms with van der Waals surface area (Å²) in [5.74, 6) is 1.22. The van der Waals surface area contributed by atoms with Crippen LogP contribution in [-0.2, 0) is 18.3 Å². The van der Waals surface area contributed by atoms with E-state index in [1.54, 1.807) is 0 Å². The quantitative estimate of drug-likeness (QED) is 0.123. The van der Waals surface area contributed by atoms with Crippen LogP contribution >= 0.6 is 0 Å². The molecule has 0 heterocycles. The topological polar surface area (TPSA) is 54.1 Å². The van der Waals surface area contributed by atoms with Gasteiger partial charge in [-0.25, -0.2) is 0 Å². The number of nitriles is 2. The van der Waals surface area contributed by atoms with Gasteiger partial charge in [-0.3, -0.25) is 0 Å². The van der Waals surface area contributed by atoms with Crippen molar-refractivity contribution in [2.24, 2.45) is 11.8 Å². The average molecular weight is 869 g/mol. The maximum atomic E-state index is 10.5. The summed E-state index contributed by atoms with van der Waals surface area (Å²) in [6.45, 7) is 13.4. The lowest BCUT2D eigenvalue weighted by molar-refractivity contribution is 0.560. The highest BCUT2D eigenvalue weighted by Crippen LogP contribution is 2.64. The van der Waals surface area contributed by atoms with E-state index in [9.17, 15) is 10.5 Å². The monoisotopic (exact) mass is 868 g/mol. The molecule has 0 aromatic heterocycles. The summed E-state index contributed by atoms with van der Waals surface area (Å²) in [4.78, 5) is 4.74.